The number of carbonyl (C=O) groups is 1. The van der Waals surface area contributed by atoms with E-state index < -0.39 is 29.2 Å². The van der Waals surface area contributed by atoms with Gasteiger partial charge < -0.3 is 5.11 Å². The van der Waals surface area contributed by atoms with Gasteiger partial charge in [0, 0.05) is 5.57 Å². The van der Waals surface area contributed by atoms with Crippen LogP contribution in [0.4, 0.5) is 22.0 Å². The van der Waals surface area contributed by atoms with E-state index in [1.165, 1.54) is 0 Å². The zero-order valence-corrected chi connectivity index (χ0v) is 7.19. The molecule has 1 N–H and O–H groups in total. The monoisotopic (exact) mass is 229 g/mol. The molecule has 0 aromatic rings. The molecule has 0 rings (SSSR count). The minimum Gasteiger partial charge on any atom is -0.477 e. The van der Waals surface area contributed by atoms with Crippen molar-refractivity contribution in [2.75, 3.05) is 0 Å². The Morgan fingerprint density at radius 2 is 1.67 bits per heavy atom. The summed E-state index contributed by atoms with van der Waals surface area (Å²) in [4.78, 5) is 10.2. The van der Waals surface area contributed by atoms with E-state index >= 15 is 0 Å². The quantitative estimate of drug-likeness (QED) is 0.448. The Bertz CT molecular complexity index is 349. The molecule has 0 aromatic heterocycles. The molecule has 0 aliphatic rings. The van der Waals surface area contributed by atoms with Crippen molar-refractivity contribution in [2.45, 2.75) is 19.0 Å². The summed E-state index contributed by atoms with van der Waals surface area (Å²) in [6, 6.07) is 0.780. The van der Waals surface area contributed by atoms with Crippen LogP contribution >= 0.6 is 0 Å². The number of rotatable bonds is 2. The summed E-state index contributed by atoms with van der Waals surface area (Å²) in [6.45, 7) is 0.250. The lowest BCUT2D eigenvalue weighted by molar-refractivity contribution is -0.264. The molecular weight excluding hydrogens is 225 g/mol. The summed E-state index contributed by atoms with van der Waals surface area (Å²) in [7, 11) is 0. The van der Waals surface area contributed by atoms with Crippen LogP contribution in [0.3, 0.4) is 0 Å². The van der Waals surface area contributed by atoms with Crippen LogP contribution in [0.2, 0.25) is 0 Å². The maximum absolute atomic E-state index is 12.5. The van der Waals surface area contributed by atoms with Gasteiger partial charge in [0.05, 0.1) is 0 Å². The summed E-state index contributed by atoms with van der Waals surface area (Å²) in [5.41, 5.74) is -3.44. The molecule has 0 atom stereocenters. The lowest BCUT2D eigenvalue weighted by Gasteiger charge is -2.20. The van der Waals surface area contributed by atoms with Gasteiger partial charge in [-0.15, -0.1) is 0 Å². The molecular formula is C7H4F5NO2. The standard InChI is InChI=1S/C7H4F5NO2/c1-3(4(2-13)5(14)15)6(8,9)7(10,11)12/h1H3,(H,14,15). The Morgan fingerprint density at radius 1 is 1.27 bits per heavy atom. The molecule has 8 heteroatoms. The third-order valence-electron chi connectivity index (χ3n) is 1.53. The van der Waals surface area contributed by atoms with E-state index in [1.54, 1.807) is 0 Å². The molecule has 0 aromatic carbocycles. The second-order valence-electron chi connectivity index (χ2n) is 2.49. The van der Waals surface area contributed by atoms with Crippen LogP contribution in [0.15, 0.2) is 11.1 Å². The van der Waals surface area contributed by atoms with Gasteiger partial charge in [0.2, 0.25) is 0 Å². The molecule has 0 saturated carbocycles. The Morgan fingerprint density at radius 3 is 1.87 bits per heavy atom. The fraction of sp³-hybridized carbons (Fsp3) is 0.429. The van der Waals surface area contributed by atoms with Gasteiger partial charge >= 0.3 is 18.1 Å². The van der Waals surface area contributed by atoms with Crippen molar-refractivity contribution >= 4 is 5.97 Å². The van der Waals surface area contributed by atoms with Crippen molar-refractivity contribution in [3.63, 3.8) is 0 Å². The molecule has 0 fully saturated rings. The zero-order valence-electron chi connectivity index (χ0n) is 7.19. The molecule has 0 spiro atoms. The number of hydrogen-bond acceptors (Lipinski definition) is 2. The van der Waals surface area contributed by atoms with Crippen LogP contribution < -0.4 is 0 Å². The number of aliphatic carboxylic acids is 1. The third-order valence-corrected chi connectivity index (χ3v) is 1.53. The number of alkyl halides is 5. The van der Waals surface area contributed by atoms with Crippen molar-refractivity contribution in [3.05, 3.63) is 11.1 Å². The lowest BCUT2D eigenvalue weighted by Crippen LogP contribution is -2.38. The van der Waals surface area contributed by atoms with E-state index in [1.807, 2.05) is 0 Å². The minimum absolute atomic E-state index is 0.250. The zero-order chi connectivity index (χ0) is 12.4. The molecule has 15 heavy (non-hydrogen) atoms. The van der Waals surface area contributed by atoms with Gasteiger partial charge in [-0.05, 0) is 6.92 Å². The first-order valence-corrected chi connectivity index (χ1v) is 3.35. The first-order valence-electron chi connectivity index (χ1n) is 3.35. The Balaban J connectivity index is 5.61. The first-order chi connectivity index (χ1) is 6.55. The van der Waals surface area contributed by atoms with Crippen molar-refractivity contribution < 1.29 is 31.9 Å². The molecule has 0 amide bonds. The van der Waals surface area contributed by atoms with Gasteiger partial charge in [-0.1, -0.05) is 0 Å². The molecule has 84 valence electrons. The highest BCUT2D eigenvalue weighted by atomic mass is 19.4. The molecule has 3 nitrogen and oxygen atoms in total. The Kier molecular flexibility index (Phi) is 3.42. The third kappa shape index (κ3) is 2.43. The van der Waals surface area contributed by atoms with Crippen LogP contribution in [0.25, 0.3) is 0 Å². The predicted molar refractivity (Wildman–Crippen MR) is 37.0 cm³/mol. The lowest BCUT2D eigenvalue weighted by atomic mass is 10.0. The molecule has 0 saturated heterocycles. The van der Waals surface area contributed by atoms with Crippen LogP contribution in [0, 0.1) is 11.3 Å². The van der Waals surface area contributed by atoms with E-state index in [9.17, 15) is 26.7 Å². The van der Waals surface area contributed by atoms with Gasteiger partial charge in [-0.3, -0.25) is 0 Å². The van der Waals surface area contributed by atoms with Gasteiger partial charge in [0.25, 0.3) is 0 Å². The van der Waals surface area contributed by atoms with Crippen molar-refractivity contribution in [1.82, 2.24) is 0 Å². The topological polar surface area (TPSA) is 61.1 Å². The summed E-state index contributed by atoms with van der Waals surface area (Å²) in [5, 5.41) is 16.3. The summed E-state index contributed by atoms with van der Waals surface area (Å²) < 4.78 is 60.3. The van der Waals surface area contributed by atoms with Gasteiger partial charge in [-0.25, -0.2) is 4.79 Å². The van der Waals surface area contributed by atoms with Crippen molar-refractivity contribution in [1.29, 1.82) is 5.26 Å². The normalized spacial score (nSPS) is 14.2. The number of nitriles is 1. The Hall–Kier alpha value is -1.65. The summed E-state index contributed by atoms with van der Waals surface area (Å²) >= 11 is 0. The average Bonchev–Trinajstić information content (AvgIpc) is 2.02. The molecule has 0 aliphatic heterocycles. The van der Waals surface area contributed by atoms with Crippen molar-refractivity contribution in [3.8, 4) is 6.07 Å². The maximum Gasteiger partial charge on any atom is 0.457 e. The molecule has 0 unspecified atom stereocenters. The number of carboxylic acid groups (broad SMARTS) is 1. The second-order valence-corrected chi connectivity index (χ2v) is 2.49. The van der Waals surface area contributed by atoms with Gasteiger partial charge in [-0.2, -0.15) is 27.2 Å². The predicted octanol–water partition coefficient (Wildman–Crippen LogP) is 2.11. The minimum atomic E-state index is -5.92. The Labute approximate surface area is 80.4 Å². The highest BCUT2D eigenvalue weighted by Gasteiger charge is 2.59. The number of halogens is 5. The SMILES string of the molecule is CC(=C(C#N)C(=O)O)C(F)(F)C(F)(F)F. The van der Waals surface area contributed by atoms with Crippen LogP contribution in [0.1, 0.15) is 6.92 Å². The maximum atomic E-state index is 12.5. The average molecular weight is 229 g/mol. The van der Waals surface area contributed by atoms with Crippen LogP contribution in [0.5, 0.6) is 0 Å². The molecule has 0 heterocycles. The largest absolute Gasteiger partial charge is 0.477 e. The van der Waals surface area contributed by atoms with Gasteiger partial charge in [0.1, 0.15) is 11.6 Å². The van der Waals surface area contributed by atoms with Crippen LogP contribution in [-0.2, 0) is 4.79 Å². The number of nitrogens with zero attached hydrogens (tertiary/aromatic N) is 1. The fourth-order valence-electron chi connectivity index (χ4n) is 0.662. The van der Waals surface area contributed by atoms with E-state index in [-0.39, 0.29) is 6.92 Å². The summed E-state index contributed by atoms with van der Waals surface area (Å²) in [5.74, 6) is -7.45. The first kappa shape index (κ1) is 13.4. The smallest absolute Gasteiger partial charge is 0.457 e. The van der Waals surface area contributed by atoms with Gasteiger partial charge in [0.15, 0.2) is 0 Å². The van der Waals surface area contributed by atoms with E-state index in [0.717, 1.165) is 6.07 Å². The van der Waals surface area contributed by atoms with E-state index in [2.05, 4.69) is 0 Å². The van der Waals surface area contributed by atoms with E-state index in [0.29, 0.717) is 0 Å². The fourth-order valence-corrected chi connectivity index (χ4v) is 0.662. The highest BCUT2D eigenvalue weighted by Crippen LogP contribution is 2.41. The molecule has 0 radical (unpaired) electrons. The highest BCUT2D eigenvalue weighted by molar-refractivity contribution is 5.92. The summed E-state index contributed by atoms with van der Waals surface area (Å²) in [6.07, 6.45) is -5.92. The van der Waals surface area contributed by atoms with E-state index in [4.69, 9.17) is 10.4 Å². The van der Waals surface area contributed by atoms with Crippen LogP contribution in [-0.4, -0.2) is 23.2 Å². The number of hydrogen-bond donors (Lipinski definition) is 1. The number of carboxylic acids is 1. The number of allylic oxidation sites excluding steroid dienone is 1. The molecule has 0 bridgehead atoms. The van der Waals surface area contributed by atoms with Crippen molar-refractivity contribution in [2.24, 2.45) is 0 Å². The molecule has 0 aliphatic carbocycles. The second kappa shape index (κ2) is 3.84.